The zero-order valence-corrected chi connectivity index (χ0v) is 16.3. The van der Waals surface area contributed by atoms with Crippen molar-refractivity contribution < 1.29 is 0 Å². The van der Waals surface area contributed by atoms with Gasteiger partial charge in [0.25, 0.3) is 5.56 Å². The van der Waals surface area contributed by atoms with Gasteiger partial charge in [-0.2, -0.15) is 5.10 Å². The van der Waals surface area contributed by atoms with Gasteiger partial charge in [0.1, 0.15) is 0 Å². The fourth-order valence-electron chi connectivity index (χ4n) is 3.78. The lowest BCUT2D eigenvalue weighted by molar-refractivity contribution is 0.601. The minimum atomic E-state index is -0.0639. The summed E-state index contributed by atoms with van der Waals surface area (Å²) < 4.78 is 1.55. The topological polar surface area (TPSA) is 64.2 Å². The van der Waals surface area contributed by atoms with Crippen LogP contribution in [0.4, 0.5) is 5.69 Å². The maximum absolute atomic E-state index is 12.6. The molecule has 142 valence electrons. The van der Waals surface area contributed by atoms with E-state index in [0.29, 0.717) is 19.0 Å². The van der Waals surface area contributed by atoms with Crippen LogP contribution in [0.1, 0.15) is 17.5 Å². The summed E-state index contributed by atoms with van der Waals surface area (Å²) in [5, 5.41) is 6.81. The Kier molecular flexibility index (Phi) is 5.82. The van der Waals surface area contributed by atoms with Crippen LogP contribution in [0, 0.1) is 12.8 Å². The van der Waals surface area contributed by atoms with Crippen molar-refractivity contribution in [2.45, 2.75) is 19.9 Å². The van der Waals surface area contributed by atoms with Crippen molar-refractivity contribution in [3.05, 3.63) is 70.1 Å². The summed E-state index contributed by atoms with van der Waals surface area (Å²) in [6.45, 7) is 5.11. The molecule has 0 aliphatic carbocycles. The summed E-state index contributed by atoms with van der Waals surface area (Å²) in [7, 11) is 0. The van der Waals surface area contributed by atoms with Crippen LogP contribution in [-0.4, -0.2) is 29.4 Å². The average Bonchev–Trinajstić information content (AvgIpc) is 3.14. The first-order valence-electron chi connectivity index (χ1n) is 9.15. The SMILES string of the molecule is Cc1ccc2ccccc2c1Cn1ncc(N2CCC(CN)C2)cc1=O.Cl. The van der Waals surface area contributed by atoms with Crippen molar-refractivity contribution in [1.29, 1.82) is 0 Å². The van der Waals surface area contributed by atoms with Gasteiger partial charge in [-0.3, -0.25) is 4.79 Å². The van der Waals surface area contributed by atoms with Crippen LogP contribution in [0.2, 0.25) is 0 Å². The Morgan fingerprint density at radius 3 is 2.78 bits per heavy atom. The van der Waals surface area contributed by atoms with Crippen LogP contribution in [0.5, 0.6) is 0 Å². The molecule has 3 aromatic rings. The highest BCUT2D eigenvalue weighted by molar-refractivity contribution is 5.86. The normalized spacial score (nSPS) is 16.5. The minimum absolute atomic E-state index is 0. The maximum atomic E-state index is 12.6. The summed E-state index contributed by atoms with van der Waals surface area (Å²) in [6.07, 6.45) is 2.88. The van der Waals surface area contributed by atoms with Gasteiger partial charge in [0, 0.05) is 19.2 Å². The van der Waals surface area contributed by atoms with E-state index < -0.39 is 0 Å². The van der Waals surface area contributed by atoms with E-state index in [-0.39, 0.29) is 18.0 Å². The highest BCUT2D eigenvalue weighted by Gasteiger charge is 2.22. The Bertz CT molecular complexity index is 1000. The maximum Gasteiger partial charge on any atom is 0.269 e. The second kappa shape index (κ2) is 8.11. The molecule has 1 atom stereocenters. The quantitative estimate of drug-likeness (QED) is 0.751. The van der Waals surface area contributed by atoms with Gasteiger partial charge in [-0.1, -0.05) is 36.4 Å². The van der Waals surface area contributed by atoms with E-state index >= 15 is 0 Å². The van der Waals surface area contributed by atoms with Crippen molar-refractivity contribution in [3.8, 4) is 0 Å². The number of hydrogen-bond donors (Lipinski definition) is 1. The number of nitrogens with zero attached hydrogens (tertiary/aromatic N) is 3. The molecule has 0 radical (unpaired) electrons. The van der Waals surface area contributed by atoms with E-state index in [1.165, 1.54) is 16.3 Å². The lowest BCUT2D eigenvalue weighted by Crippen LogP contribution is -2.28. The molecule has 2 N–H and O–H groups in total. The number of aromatic nitrogens is 2. The fourth-order valence-corrected chi connectivity index (χ4v) is 3.78. The summed E-state index contributed by atoms with van der Waals surface area (Å²) in [5.74, 6) is 0.510. The zero-order valence-electron chi connectivity index (χ0n) is 15.5. The predicted molar refractivity (Wildman–Crippen MR) is 113 cm³/mol. The van der Waals surface area contributed by atoms with E-state index in [9.17, 15) is 4.79 Å². The molecular weight excluding hydrogens is 360 g/mol. The molecule has 0 spiro atoms. The number of aryl methyl sites for hydroxylation is 1. The molecule has 2 heterocycles. The molecule has 5 nitrogen and oxygen atoms in total. The Morgan fingerprint density at radius 1 is 1.22 bits per heavy atom. The first-order valence-corrected chi connectivity index (χ1v) is 9.15. The minimum Gasteiger partial charge on any atom is -0.370 e. The second-order valence-corrected chi connectivity index (χ2v) is 7.13. The molecule has 1 aliphatic heterocycles. The van der Waals surface area contributed by atoms with Crippen LogP contribution in [-0.2, 0) is 6.54 Å². The highest BCUT2D eigenvalue weighted by atomic mass is 35.5. The summed E-state index contributed by atoms with van der Waals surface area (Å²) >= 11 is 0. The third-order valence-electron chi connectivity index (χ3n) is 5.42. The zero-order chi connectivity index (χ0) is 18.1. The van der Waals surface area contributed by atoms with Crippen LogP contribution in [0.15, 0.2) is 53.5 Å². The van der Waals surface area contributed by atoms with E-state index in [1.54, 1.807) is 16.9 Å². The van der Waals surface area contributed by atoms with Gasteiger partial charge >= 0.3 is 0 Å². The van der Waals surface area contributed by atoms with Crippen LogP contribution in [0.3, 0.4) is 0 Å². The van der Waals surface area contributed by atoms with Crippen molar-refractivity contribution >= 4 is 28.9 Å². The number of halogens is 1. The van der Waals surface area contributed by atoms with Crippen LogP contribution < -0.4 is 16.2 Å². The van der Waals surface area contributed by atoms with Gasteiger partial charge < -0.3 is 10.6 Å². The molecule has 6 heteroatoms. The third-order valence-corrected chi connectivity index (χ3v) is 5.42. The van der Waals surface area contributed by atoms with Gasteiger partial charge in [0.2, 0.25) is 0 Å². The Morgan fingerprint density at radius 2 is 2.04 bits per heavy atom. The largest absolute Gasteiger partial charge is 0.370 e. The van der Waals surface area contributed by atoms with Gasteiger partial charge in [0.05, 0.1) is 18.4 Å². The van der Waals surface area contributed by atoms with Crippen LogP contribution >= 0.6 is 12.4 Å². The molecule has 0 saturated carbocycles. The first kappa shape index (κ1) is 19.4. The molecule has 4 rings (SSSR count). The molecule has 2 aromatic carbocycles. The van der Waals surface area contributed by atoms with Crippen molar-refractivity contribution in [3.63, 3.8) is 0 Å². The van der Waals surface area contributed by atoms with Crippen molar-refractivity contribution in [2.24, 2.45) is 11.7 Å². The van der Waals surface area contributed by atoms with E-state index in [4.69, 9.17) is 5.73 Å². The smallest absolute Gasteiger partial charge is 0.269 e. The molecule has 1 saturated heterocycles. The Hall–Kier alpha value is -2.37. The monoisotopic (exact) mass is 384 g/mol. The average molecular weight is 385 g/mol. The third kappa shape index (κ3) is 3.84. The van der Waals surface area contributed by atoms with E-state index in [0.717, 1.165) is 30.8 Å². The predicted octanol–water partition coefficient (Wildman–Crippen LogP) is 2.96. The molecule has 27 heavy (non-hydrogen) atoms. The first-order chi connectivity index (χ1) is 12.7. The van der Waals surface area contributed by atoms with Gasteiger partial charge in [-0.15, -0.1) is 12.4 Å². The van der Waals surface area contributed by atoms with E-state index in [1.807, 2.05) is 12.1 Å². The Balaban J connectivity index is 0.00000210. The number of rotatable bonds is 4. The second-order valence-electron chi connectivity index (χ2n) is 7.13. The number of nitrogens with two attached hydrogens (primary N) is 1. The van der Waals surface area contributed by atoms with E-state index in [2.05, 4.69) is 41.2 Å². The van der Waals surface area contributed by atoms with Gasteiger partial charge in [0.15, 0.2) is 0 Å². The molecule has 1 fully saturated rings. The molecule has 1 aromatic heterocycles. The highest BCUT2D eigenvalue weighted by Crippen LogP contribution is 2.23. The number of anilines is 1. The fraction of sp³-hybridized carbons (Fsp3) is 0.333. The van der Waals surface area contributed by atoms with Gasteiger partial charge in [-0.25, -0.2) is 4.68 Å². The lowest BCUT2D eigenvalue weighted by atomic mass is 10.00. The standard InChI is InChI=1S/C21H24N4O.ClH/c1-15-6-7-17-4-2-3-5-19(17)20(15)14-25-21(26)10-18(12-23-25)24-9-8-16(11-22)13-24;/h2-7,10,12,16H,8-9,11,13-14,22H2,1H3;1H. The summed E-state index contributed by atoms with van der Waals surface area (Å²) in [4.78, 5) is 14.9. The lowest BCUT2D eigenvalue weighted by Gasteiger charge is -2.18. The Labute approximate surface area is 165 Å². The summed E-state index contributed by atoms with van der Waals surface area (Å²) in [5.41, 5.74) is 8.92. The number of benzene rings is 2. The molecule has 0 amide bonds. The van der Waals surface area contributed by atoms with Crippen molar-refractivity contribution in [1.82, 2.24) is 9.78 Å². The number of hydrogen-bond acceptors (Lipinski definition) is 4. The van der Waals surface area contributed by atoms with Gasteiger partial charge in [-0.05, 0) is 47.7 Å². The molecule has 1 unspecified atom stereocenters. The van der Waals surface area contributed by atoms with Crippen LogP contribution in [0.25, 0.3) is 10.8 Å². The number of fused-ring (bicyclic) bond motifs is 1. The molecular formula is C21H25ClN4O. The molecule has 0 bridgehead atoms. The molecule has 1 aliphatic rings. The van der Waals surface area contributed by atoms with Crippen molar-refractivity contribution in [2.75, 3.05) is 24.5 Å². The summed E-state index contributed by atoms with van der Waals surface area (Å²) in [6, 6.07) is 14.2.